The lowest BCUT2D eigenvalue weighted by Crippen LogP contribution is -2.35. The summed E-state index contributed by atoms with van der Waals surface area (Å²) in [6.07, 6.45) is -3.19. The van der Waals surface area contributed by atoms with Crippen LogP contribution in [0.3, 0.4) is 0 Å². The Hall–Kier alpha value is -3.95. The molecule has 12 heteroatoms. The molecule has 8 nitrogen and oxygen atoms in total. The maximum Gasteiger partial charge on any atom is 0.417 e. The number of aromatic nitrogens is 1. The molecule has 0 fully saturated rings. The number of aliphatic hydroxyl groups is 1. The Labute approximate surface area is 236 Å². The average molecular weight is 587 g/mol. The van der Waals surface area contributed by atoms with Crippen LogP contribution in [0.1, 0.15) is 70.4 Å². The third-order valence-corrected chi connectivity index (χ3v) is 9.01. The molecule has 0 saturated carbocycles. The zero-order chi connectivity index (χ0) is 29.9. The van der Waals surface area contributed by atoms with Crippen molar-refractivity contribution in [1.82, 2.24) is 10.3 Å². The first kappa shape index (κ1) is 30.0. The van der Waals surface area contributed by atoms with E-state index in [9.17, 15) is 36.8 Å². The number of fused-ring (bicyclic) bond motifs is 1. The number of rotatable bonds is 8. The molecule has 0 spiro atoms. The summed E-state index contributed by atoms with van der Waals surface area (Å²) >= 11 is 0. The number of amides is 1. The molecule has 4 rings (SSSR count). The van der Waals surface area contributed by atoms with Crippen LogP contribution in [0.4, 0.5) is 19.0 Å². The van der Waals surface area contributed by atoms with Gasteiger partial charge in [0.05, 0.1) is 34.4 Å². The number of nitrogens with one attached hydrogen (secondary N) is 1. The summed E-state index contributed by atoms with van der Waals surface area (Å²) in [5.41, 5.74) is 1.43. The van der Waals surface area contributed by atoms with Crippen molar-refractivity contribution in [2.75, 3.05) is 23.8 Å². The minimum atomic E-state index is -4.62. The van der Waals surface area contributed by atoms with Gasteiger partial charge in [0.1, 0.15) is 11.9 Å². The van der Waals surface area contributed by atoms with Gasteiger partial charge >= 0.3 is 6.18 Å². The van der Waals surface area contributed by atoms with Gasteiger partial charge in [-0.1, -0.05) is 32.0 Å². The van der Waals surface area contributed by atoms with Gasteiger partial charge < -0.3 is 15.3 Å². The fraction of sp³-hybridized carbons (Fsp3) is 0.345. The molecule has 216 valence electrons. The molecule has 0 saturated heterocycles. The summed E-state index contributed by atoms with van der Waals surface area (Å²) in [6.45, 7) is 3.78. The molecule has 1 aromatic heterocycles. The first-order valence-corrected chi connectivity index (χ1v) is 14.7. The van der Waals surface area contributed by atoms with Crippen LogP contribution in [0.5, 0.6) is 0 Å². The third kappa shape index (κ3) is 6.36. The van der Waals surface area contributed by atoms with Crippen LogP contribution in [0.25, 0.3) is 0 Å². The van der Waals surface area contributed by atoms with Gasteiger partial charge in [-0.15, -0.1) is 0 Å². The Morgan fingerprint density at radius 2 is 1.90 bits per heavy atom. The van der Waals surface area contributed by atoms with E-state index >= 15 is 0 Å². The second-order valence-electron chi connectivity index (χ2n) is 9.79. The number of anilines is 1. The molecule has 1 amide bonds. The Morgan fingerprint density at radius 3 is 2.49 bits per heavy atom. The van der Waals surface area contributed by atoms with Crippen LogP contribution in [0.2, 0.25) is 0 Å². The number of hydrogen-bond donors (Lipinski definition) is 2. The molecule has 3 aromatic rings. The monoisotopic (exact) mass is 586 g/mol. The molecular formula is C29H29F3N4O4S. The lowest BCUT2D eigenvalue weighted by molar-refractivity contribution is -0.137. The molecular weight excluding hydrogens is 557 g/mol. The normalized spacial score (nSPS) is 16.0. The number of alkyl halides is 3. The summed E-state index contributed by atoms with van der Waals surface area (Å²) in [5, 5.41) is 22.3. The van der Waals surface area contributed by atoms with Gasteiger partial charge in [0.2, 0.25) is 0 Å². The van der Waals surface area contributed by atoms with Crippen LogP contribution < -0.4 is 10.2 Å². The van der Waals surface area contributed by atoms with Gasteiger partial charge in [0.25, 0.3) is 5.91 Å². The number of nitriles is 1. The van der Waals surface area contributed by atoms with E-state index in [1.54, 1.807) is 36.1 Å². The van der Waals surface area contributed by atoms with Crippen molar-refractivity contribution in [3.8, 4) is 6.07 Å². The van der Waals surface area contributed by atoms with E-state index in [0.717, 1.165) is 23.4 Å². The van der Waals surface area contributed by atoms with Crippen LogP contribution in [0, 0.1) is 11.3 Å². The lowest BCUT2D eigenvalue weighted by Gasteiger charge is -2.36. The number of halogens is 3. The highest BCUT2D eigenvalue weighted by molar-refractivity contribution is 7.91. The number of nitrogens with zero attached hydrogens (tertiary/aromatic N) is 3. The Balaban J connectivity index is 1.59. The molecule has 0 radical (unpaired) electrons. The molecule has 2 N–H and O–H groups in total. The summed E-state index contributed by atoms with van der Waals surface area (Å²) in [6, 6.07) is 13.0. The molecule has 1 aliphatic heterocycles. The van der Waals surface area contributed by atoms with Gasteiger partial charge in [0, 0.05) is 30.8 Å². The largest absolute Gasteiger partial charge is 0.417 e. The molecule has 0 bridgehead atoms. The van der Waals surface area contributed by atoms with Gasteiger partial charge in [0.15, 0.2) is 9.84 Å². The van der Waals surface area contributed by atoms with Gasteiger partial charge in [-0.3, -0.25) is 4.79 Å². The van der Waals surface area contributed by atoms with E-state index < -0.39 is 40.1 Å². The summed E-state index contributed by atoms with van der Waals surface area (Å²) in [4.78, 5) is 19.1. The molecule has 2 aromatic carbocycles. The average Bonchev–Trinajstić information content (AvgIpc) is 2.98. The molecule has 2 atom stereocenters. The maximum absolute atomic E-state index is 13.2. The first-order valence-electron chi connectivity index (χ1n) is 13.0. The second kappa shape index (κ2) is 11.9. The van der Waals surface area contributed by atoms with Crippen molar-refractivity contribution in [1.29, 1.82) is 5.26 Å². The van der Waals surface area contributed by atoms with Crippen molar-refractivity contribution in [2.24, 2.45) is 0 Å². The quantitative estimate of drug-likeness (QED) is 0.391. The number of carbonyl (C=O) groups excluding carboxylic acids is 1. The van der Waals surface area contributed by atoms with E-state index in [2.05, 4.69) is 10.3 Å². The Bertz CT molecular complexity index is 1590. The minimum Gasteiger partial charge on any atom is -0.394 e. The maximum atomic E-state index is 13.2. The van der Waals surface area contributed by atoms with Gasteiger partial charge in [-0.2, -0.15) is 18.4 Å². The van der Waals surface area contributed by atoms with E-state index in [4.69, 9.17) is 0 Å². The second-order valence-corrected chi connectivity index (χ2v) is 12.1. The predicted molar refractivity (Wildman–Crippen MR) is 146 cm³/mol. The third-order valence-electron chi connectivity index (χ3n) is 7.26. The zero-order valence-corrected chi connectivity index (χ0v) is 23.3. The van der Waals surface area contributed by atoms with Crippen molar-refractivity contribution in [3.05, 3.63) is 88.1 Å². The highest BCUT2D eigenvalue weighted by atomic mass is 32.2. The topological polar surface area (TPSA) is 123 Å². The van der Waals surface area contributed by atoms with Crippen LogP contribution in [0.15, 0.2) is 59.6 Å². The number of aliphatic hydroxyl groups excluding tert-OH is 1. The number of benzene rings is 2. The summed E-state index contributed by atoms with van der Waals surface area (Å²) < 4.78 is 63.7. The van der Waals surface area contributed by atoms with Crippen LogP contribution in [-0.4, -0.2) is 43.3 Å². The van der Waals surface area contributed by atoms with Gasteiger partial charge in [-0.05, 0) is 53.4 Å². The molecule has 41 heavy (non-hydrogen) atoms. The predicted octanol–water partition coefficient (Wildman–Crippen LogP) is 4.74. The molecule has 0 aliphatic carbocycles. The van der Waals surface area contributed by atoms with Crippen molar-refractivity contribution in [3.63, 3.8) is 0 Å². The number of hydrogen-bond acceptors (Lipinski definition) is 7. The fourth-order valence-electron chi connectivity index (χ4n) is 4.92. The van der Waals surface area contributed by atoms with Gasteiger partial charge in [-0.25, -0.2) is 13.4 Å². The number of sulfone groups is 1. The fourth-order valence-corrected chi connectivity index (χ4v) is 5.81. The minimum absolute atomic E-state index is 0.00500. The highest BCUT2D eigenvalue weighted by Crippen LogP contribution is 2.36. The smallest absolute Gasteiger partial charge is 0.394 e. The zero-order valence-electron chi connectivity index (χ0n) is 22.4. The SMILES string of the molecule is CCC1CN(c2ncc(C(F)(F)F)cc2C#N)Cc2cc(C(=O)N[C@@H](CO)c3ccc(S(=O)(=O)CC)cc3)ccc21. The standard InChI is InChI=1S/C29H29F3N4O4S/c1-3-18-15-36(27-21(13-33)12-23(14-34-27)29(30,31)32)16-22-11-20(7-10-25(18)22)28(38)35-26(17-37)19-5-8-24(9-6-19)41(39,40)4-2/h5-12,14,18,26,37H,3-4,15-17H2,1-2H3,(H,35,38)/t18?,26-/m0/s1. The summed E-state index contributed by atoms with van der Waals surface area (Å²) in [5.74, 6) is -0.371. The van der Waals surface area contributed by atoms with E-state index in [-0.39, 0.29) is 34.5 Å². The van der Waals surface area contributed by atoms with Crippen LogP contribution >= 0.6 is 0 Å². The Morgan fingerprint density at radius 1 is 1.20 bits per heavy atom. The molecule has 1 aliphatic rings. The number of carbonyl (C=O) groups is 1. The Kier molecular flexibility index (Phi) is 8.70. The van der Waals surface area contributed by atoms with Crippen molar-refractivity contribution < 1.29 is 31.5 Å². The van der Waals surface area contributed by atoms with E-state index in [1.165, 1.54) is 12.1 Å². The lowest BCUT2D eigenvalue weighted by atomic mass is 9.86. The highest BCUT2D eigenvalue weighted by Gasteiger charge is 2.33. The van der Waals surface area contributed by atoms with Crippen LogP contribution in [-0.2, 0) is 22.6 Å². The van der Waals surface area contributed by atoms with Crippen molar-refractivity contribution in [2.45, 2.75) is 49.8 Å². The van der Waals surface area contributed by atoms with E-state index in [1.807, 2.05) is 19.1 Å². The van der Waals surface area contributed by atoms with E-state index in [0.29, 0.717) is 24.1 Å². The molecule has 1 unspecified atom stereocenters. The first-order chi connectivity index (χ1) is 19.4. The number of pyridine rings is 1. The van der Waals surface area contributed by atoms with Crippen molar-refractivity contribution >= 4 is 21.6 Å². The summed E-state index contributed by atoms with van der Waals surface area (Å²) in [7, 11) is -3.39. The molecule has 2 heterocycles.